The van der Waals surface area contributed by atoms with Gasteiger partial charge in [-0.25, -0.2) is 0 Å². The molecule has 1 aromatic rings. The van der Waals surface area contributed by atoms with Gasteiger partial charge >= 0.3 is 0 Å². The normalized spacial score (nSPS) is 13.6. The second-order valence-electron chi connectivity index (χ2n) is 3.30. The number of hydrogen-bond donors (Lipinski definition) is 1. The van der Waals surface area contributed by atoms with Crippen molar-refractivity contribution in [1.82, 2.24) is 15.0 Å². The van der Waals surface area contributed by atoms with E-state index in [1.165, 1.54) is 0 Å². The van der Waals surface area contributed by atoms with Crippen molar-refractivity contribution in [1.29, 1.82) is 0 Å². The standard InChI is InChI=1S/C8H16N4O/c1-4-6(9)8-10-7(11-13-8)5-12(2)3/h6H,4-5,9H2,1-3H3. The zero-order valence-corrected chi connectivity index (χ0v) is 8.32. The topological polar surface area (TPSA) is 68.2 Å². The summed E-state index contributed by atoms with van der Waals surface area (Å²) in [5.74, 6) is 1.21. The molecule has 1 aromatic heterocycles. The van der Waals surface area contributed by atoms with Gasteiger partial charge in [0.1, 0.15) is 0 Å². The summed E-state index contributed by atoms with van der Waals surface area (Å²) in [6, 6.07) is -0.136. The monoisotopic (exact) mass is 184 g/mol. The number of nitrogens with zero attached hydrogens (tertiary/aromatic N) is 3. The van der Waals surface area contributed by atoms with Crippen LogP contribution in [0, 0.1) is 0 Å². The molecule has 0 aromatic carbocycles. The third-order valence-corrected chi connectivity index (χ3v) is 1.70. The van der Waals surface area contributed by atoms with Crippen molar-refractivity contribution in [3.8, 4) is 0 Å². The van der Waals surface area contributed by atoms with Gasteiger partial charge in [0.25, 0.3) is 0 Å². The van der Waals surface area contributed by atoms with Gasteiger partial charge in [-0.2, -0.15) is 4.98 Å². The van der Waals surface area contributed by atoms with E-state index in [2.05, 4.69) is 10.1 Å². The fourth-order valence-electron chi connectivity index (χ4n) is 0.940. The van der Waals surface area contributed by atoms with Crippen molar-refractivity contribution in [3.63, 3.8) is 0 Å². The van der Waals surface area contributed by atoms with Crippen molar-refractivity contribution < 1.29 is 4.52 Å². The first-order valence-electron chi connectivity index (χ1n) is 4.36. The molecule has 13 heavy (non-hydrogen) atoms. The first-order valence-corrected chi connectivity index (χ1v) is 4.36. The summed E-state index contributed by atoms with van der Waals surface area (Å²) >= 11 is 0. The maximum Gasteiger partial charge on any atom is 0.243 e. The Bertz CT molecular complexity index is 258. The lowest BCUT2D eigenvalue weighted by molar-refractivity contribution is 0.335. The fourth-order valence-corrected chi connectivity index (χ4v) is 0.940. The maximum absolute atomic E-state index is 5.73. The summed E-state index contributed by atoms with van der Waals surface area (Å²) in [4.78, 5) is 6.15. The molecule has 0 fully saturated rings. The van der Waals surface area contributed by atoms with Crippen LogP contribution in [0.15, 0.2) is 4.52 Å². The van der Waals surface area contributed by atoms with Gasteiger partial charge in [0, 0.05) is 0 Å². The van der Waals surface area contributed by atoms with Gasteiger partial charge in [-0.1, -0.05) is 12.1 Å². The van der Waals surface area contributed by atoms with Crippen molar-refractivity contribution >= 4 is 0 Å². The zero-order valence-electron chi connectivity index (χ0n) is 8.32. The molecule has 0 spiro atoms. The molecule has 0 aliphatic heterocycles. The largest absolute Gasteiger partial charge is 0.338 e. The Morgan fingerprint density at radius 3 is 2.77 bits per heavy atom. The van der Waals surface area contributed by atoms with Crippen LogP contribution in [-0.2, 0) is 6.54 Å². The Morgan fingerprint density at radius 1 is 1.54 bits per heavy atom. The van der Waals surface area contributed by atoms with Crippen LogP contribution in [-0.4, -0.2) is 29.1 Å². The van der Waals surface area contributed by atoms with E-state index in [0.717, 1.165) is 6.42 Å². The van der Waals surface area contributed by atoms with Gasteiger partial charge in [0.2, 0.25) is 5.89 Å². The second-order valence-corrected chi connectivity index (χ2v) is 3.30. The van der Waals surface area contributed by atoms with E-state index in [9.17, 15) is 0 Å². The van der Waals surface area contributed by atoms with Crippen molar-refractivity contribution in [2.24, 2.45) is 5.73 Å². The second kappa shape index (κ2) is 4.34. The smallest absolute Gasteiger partial charge is 0.243 e. The van der Waals surface area contributed by atoms with Gasteiger partial charge in [-0.15, -0.1) is 0 Å². The Hall–Kier alpha value is -0.940. The van der Waals surface area contributed by atoms with Crippen LogP contribution in [0.1, 0.15) is 31.1 Å². The first kappa shape index (κ1) is 10.1. The molecule has 0 aliphatic rings. The summed E-state index contributed by atoms with van der Waals surface area (Å²) in [5.41, 5.74) is 5.73. The van der Waals surface area contributed by atoms with Gasteiger partial charge in [0.05, 0.1) is 12.6 Å². The highest BCUT2D eigenvalue weighted by atomic mass is 16.5. The SMILES string of the molecule is CCC(N)c1nc(CN(C)C)no1. The van der Waals surface area contributed by atoms with E-state index in [4.69, 9.17) is 10.3 Å². The molecule has 2 N–H and O–H groups in total. The Kier molecular flexibility index (Phi) is 3.39. The molecular weight excluding hydrogens is 168 g/mol. The number of hydrogen-bond acceptors (Lipinski definition) is 5. The first-order chi connectivity index (χ1) is 6.13. The predicted octanol–water partition coefficient (Wildman–Crippen LogP) is 0.541. The summed E-state index contributed by atoms with van der Waals surface area (Å²) in [5, 5.41) is 3.82. The number of nitrogens with two attached hydrogens (primary N) is 1. The molecular formula is C8H16N4O. The Balaban J connectivity index is 2.63. The Morgan fingerprint density at radius 2 is 2.23 bits per heavy atom. The van der Waals surface area contributed by atoms with Crippen LogP contribution in [0.2, 0.25) is 0 Å². The van der Waals surface area contributed by atoms with E-state index in [1.807, 2.05) is 25.9 Å². The van der Waals surface area contributed by atoms with Crippen molar-refractivity contribution in [2.75, 3.05) is 14.1 Å². The van der Waals surface area contributed by atoms with Crippen LogP contribution in [0.3, 0.4) is 0 Å². The molecule has 1 atom stereocenters. The molecule has 0 saturated carbocycles. The van der Waals surface area contributed by atoms with Crippen LogP contribution >= 0.6 is 0 Å². The third kappa shape index (κ3) is 2.78. The molecule has 5 heteroatoms. The number of rotatable bonds is 4. The summed E-state index contributed by atoms with van der Waals surface area (Å²) in [7, 11) is 3.91. The average molecular weight is 184 g/mol. The zero-order chi connectivity index (χ0) is 9.84. The van der Waals surface area contributed by atoms with Crippen LogP contribution in [0.5, 0.6) is 0 Å². The van der Waals surface area contributed by atoms with Crippen LogP contribution in [0.25, 0.3) is 0 Å². The van der Waals surface area contributed by atoms with E-state index in [0.29, 0.717) is 18.3 Å². The minimum atomic E-state index is -0.136. The minimum absolute atomic E-state index is 0.136. The molecule has 1 heterocycles. The van der Waals surface area contributed by atoms with Crippen molar-refractivity contribution in [3.05, 3.63) is 11.7 Å². The maximum atomic E-state index is 5.73. The highest BCUT2D eigenvalue weighted by molar-refractivity contribution is 4.90. The summed E-state index contributed by atoms with van der Waals surface area (Å²) < 4.78 is 5.01. The third-order valence-electron chi connectivity index (χ3n) is 1.70. The average Bonchev–Trinajstić information content (AvgIpc) is 2.50. The van der Waals surface area contributed by atoms with E-state index >= 15 is 0 Å². The quantitative estimate of drug-likeness (QED) is 0.739. The molecule has 0 bridgehead atoms. The molecule has 74 valence electrons. The van der Waals surface area contributed by atoms with Gasteiger partial charge in [0.15, 0.2) is 5.82 Å². The van der Waals surface area contributed by atoms with Crippen LogP contribution < -0.4 is 5.73 Å². The van der Waals surface area contributed by atoms with Crippen LogP contribution in [0.4, 0.5) is 0 Å². The molecule has 0 saturated heterocycles. The lowest BCUT2D eigenvalue weighted by atomic mass is 10.2. The van der Waals surface area contributed by atoms with Gasteiger partial charge in [-0.05, 0) is 20.5 Å². The molecule has 0 amide bonds. The van der Waals surface area contributed by atoms with E-state index in [1.54, 1.807) is 0 Å². The minimum Gasteiger partial charge on any atom is -0.338 e. The Labute approximate surface area is 77.9 Å². The molecule has 1 unspecified atom stereocenters. The van der Waals surface area contributed by atoms with Gasteiger partial charge in [-0.3, -0.25) is 0 Å². The lowest BCUT2D eigenvalue weighted by Gasteiger charge is -2.03. The number of aromatic nitrogens is 2. The highest BCUT2D eigenvalue weighted by Crippen LogP contribution is 2.10. The van der Waals surface area contributed by atoms with E-state index < -0.39 is 0 Å². The van der Waals surface area contributed by atoms with E-state index in [-0.39, 0.29) is 6.04 Å². The lowest BCUT2D eigenvalue weighted by Crippen LogP contribution is -2.13. The molecule has 5 nitrogen and oxygen atoms in total. The fraction of sp³-hybridized carbons (Fsp3) is 0.750. The van der Waals surface area contributed by atoms with Gasteiger partial charge < -0.3 is 15.2 Å². The summed E-state index contributed by atoms with van der Waals surface area (Å²) in [6.45, 7) is 2.67. The highest BCUT2D eigenvalue weighted by Gasteiger charge is 2.12. The summed E-state index contributed by atoms with van der Waals surface area (Å²) in [6.07, 6.45) is 0.809. The molecule has 0 aliphatic carbocycles. The predicted molar refractivity (Wildman–Crippen MR) is 48.9 cm³/mol. The molecule has 1 rings (SSSR count). The van der Waals surface area contributed by atoms with Crippen molar-refractivity contribution in [2.45, 2.75) is 25.9 Å². The molecule has 0 radical (unpaired) electrons.